The van der Waals surface area contributed by atoms with Gasteiger partial charge in [0, 0.05) is 33.3 Å². The highest BCUT2D eigenvalue weighted by atomic mass is 127. The molecule has 2 rings (SSSR count). The van der Waals surface area contributed by atoms with E-state index >= 15 is 0 Å². The van der Waals surface area contributed by atoms with Crippen LogP contribution in [0.3, 0.4) is 0 Å². The number of guanidine groups is 1. The van der Waals surface area contributed by atoms with Gasteiger partial charge in [-0.25, -0.2) is 13.1 Å². The summed E-state index contributed by atoms with van der Waals surface area (Å²) in [7, 11) is -0.197. The number of aliphatic imine (C=N–C) groups is 1. The van der Waals surface area contributed by atoms with Crippen LogP contribution in [-0.4, -0.2) is 47.7 Å². The van der Waals surface area contributed by atoms with E-state index in [4.69, 9.17) is 4.74 Å². The molecule has 1 aliphatic rings. The third-order valence-corrected chi connectivity index (χ3v) is 7.11. The molecule has 0 aromatic heterocycles. The summed E-state index contributed by atoms with van der Waals surface area (Å²) in [5.74, 6) is 1.65. The van der Waals surface area contributed by atoms with Crippen molar-refractivity contribution in [2.75, 3.05) is 27.3 Å². The van der Waals surface area contributed by atoms with Crippen molar-refractivity contribution in [2.24, 2.45) is 10.9 Å². The predicted molar refractivity (Wildman–Crippen MR) is 138 cm³/mol. The Balaban J connectivity index is 0.00000480. The first-order valence-corrected chi connectivity index (χ1v) is 12.5. The maximum Gasteiger partial charge on any atom is 0.240 e. The van der Waals surface area contributed by atoms with Crippen LogP contribution in [0.1, 0.15) is 57.4 Å². The molecule has 0 spiro atoms. The zero-order valence-electron chi connectivity index (χ0n) is 19.0. The van der Waals surface area contributed by atoms with Crippen molar-refractivity contribution in [1.29, 1.82) is 0 Å². The number of rotatable bonds is 11. The molecule has 1 saturated carbocycles. The van der Waals surface area contributed by atoms with Gasteiger partial charge < -0.3 is 15.4 Å². The maximum atomic E-state index is 12.2. The Morgan fingerprint density at radius 1 is 1.19 bits per heavy atom. The second kappa shape index (κ2) is 15.0. The summed E-state index contributed by atoms with van der Waals surface area (Å²) in [6, 6.07) is 7.24. The molecule has 0 heterocycles. The quantitative estimate of drug-likeness (QED) is 0.165. The van der Waals surface area contributed by atoms with E-state index < -0.39 is 10.0 Å². The first-order valence-electron chi connectivity index (χ1n) is 11.0. The lowest BCUT2D eigenvalue weighted by Crippen LogP contribution is -2.42. The van der Waals surface area contributed by atoms with Crippen molar-refractivity contribution in [3.8, 4) is 0 Å². The molecule has 0 amide bonds. The molecule has 31 heavy (non-hydrogen) atoms. The summed E-state index contributed by atoms with van der Waals surface area (Å²) >= 11 is 0. The first kappa shape index (κ1) is 28.1. The molecule has 0 radical (unpaired) electrons. The van der Waals surface area contributed by atoms with E-state index in [2.05, 4.69) is 27.3 Å². The van der Waals surface area contributed by atoms with Gasteiger partial charge in [0.25, 0.3) is 0 Å². The second-order valence-corrected chi connectivity index (χ2v) is 9.85. The smallest absolute Gasteiger partial charge is 0.240 e. The number of hydrogen-bond donors (Lipinski definition) is 3. The Morgan fingerprint density at radius 3 is 2.48 bits per heavy atom. The monoisotopic (exact) mass is 566 g/mol. The highest BCUT2D eigenvalue weighted by Crippen LogP contribution is 2.27. The van der Waals surface area contributed by atoms with Crippen LogP contribution in [-0.2, 0) is 21.3 Å². The number of benzene rings is 1. The van der Waals surface area contributed by atoms with Crippen LogP contribution in [0, 0.1) is 5.92 Å². The van der Waals surface area contributed by atoms with Gasteiger partial charge >= 0.3 is 0 Å². The molecule has 0 aliphatic heterocycles. The van der Waals surface area contributed by atoms with E-state index in [9.17, 15) is 8.42 Å². The number of halogens is 1. The average molecular weight is 567 g/mol. The van der Waals surface area contributed by atoms with Gasteiger partial charge in [-0.1, -0.05) is 44.2 Å². The Kier molecular flexibility index (Phi) is 13.6. The Labute approximate surface area is 205 Å². The lowest BCUT2D eigenvalue weighted by molar-refractivity contribution is 0.204. The van der Waals surface area contributed by atoms with Crippen LogP contribution >= 0.6 is 24.0 Å². The van der Waals surface area contributed by atoms with Crippen LogP contribution in [0.25, 0.3) is 0 Å². The van der Waals surface area contributed by atoms with Gasteiger partial charge in [0.2, 0.25) is 10.0 Å². The number of sulfonamides is 1. The van der Waals surface area contributed by atoms with E-state index in [1.54, 1.807) is 19.2 Å². The summed E-state index contributed by atoms with van der Waals surface area (Å²) in [6.45, 7) is 3.37. The van der Waals surface area contributed by atoms with E-state index in [0.29, 0.717) is 19.2 Å². The number of hydrogen-bond acceptors (Lipinski definition) is 4. The topological polar surface area (TPSA) is 91.8 Å². The summed E-state index contributed by atoms with van der Waals surface area (Å²) in [5.41, 5.74) is 0.989. The molecule has 1 aromatic rings. The summed E-state index contributed by atoms with van der Waals surface area (Å²) in [5, 5.41) is 6.77. The molecular formula is C22H39IN4O3S. The second-order valence-electron chi connectivity index (χ2n) is 8.09. The minimum absolute atomic E-state index is 0. The van der Waals surface area contributed by atoms with Crippen molar-refractivity contribution in [3.05, 3.63) is 29.8 Å². The van der Waals surface area contributed by atoms with Crippen molar-refractivity contribution in [1.82, 2.24) is 15.4 Å². The minimum Gasteiger partial charge on any atom is -0.383 e. The van der Waals surface area contributed by atoms with Gasteiger partial charge in [-0.3, -0.25) is 4.99 Å². The van der Waals surface area contributed by atoms with Crippen molar-refractivity contribution < 1.29 is 13.2 Å². The highest BCUT2D eigenvalue weighted by molar-refractivity contribution is 14.0. The lowest BCUT2D eigenvalue weighted by atomic mass is 9.85. The van der Waals surface area contributed by atoms with E-state index in [1.165, 1.54) is 45.6 Å². The predicted octanol–water partition coefficient (Wildman–Crippen LogP) is 3.64. The normalized spacial score (nSPS) is 16.4. The number of nitrogens with zero attached hydrogens (tertiary/aromatic N) is 1. The molecule has 1 fully saturated rings. The Hall–Kier alpha value is -0.910. The van der Waals surface area contributed by atoms with E-state index in [-0.39, 0.29) is 35.4 Å². The van der Waals surface area contributed by atoms with Crippen LogP contribution < -0.4 is 15.4 Å². The van der Waals surface area contributed by atoms with Crippen molar-refractivity contribution >= 4 is 40.0 Å². The lowest BCUT2D eigenvalue weighted by Gasteiger charge is -2.24. The van der Waals surface area contributed by atoms with Crippen molar-refractivity contribution in [3.63, 3.8) is 0 Å². The zero-order chi connectivity index (χ0) is 21.8. The molecule has 1 aromatic carbocycles. The fraction of sp³-hybridized carbons (Fsp3) is 0.682. The molecular weight excluding hydrogens is 527 g/mol. The molecule has 0 bridgehead atoms. The summed E-state index contributed by atoms with van der Waals surface area (Å²) in [6.07, 6.45) is 9.37. The van der Waals surface area contributed by atoms with Crippen LogP contribution in [0.2, 0.25) is 0 Å². The Morgan fingerprint density at radius 2 is 1.87 bits per heavy atom. The van der Waals surface area contributed by atoms with Crippen LogP contribution in [0.15, 0.2) is 34.2 Å². The van der Waals surface area contributed by atoms with Crippen molar-refractivity contribution in [2.45, 2.75) is 69.4 Å². The third-order valence-electron chi connectivity index (χ3n) is 5.63. The number of nitrogens with one attached hydrogen (secondary N) is 3. The van der Waals surface area contributed by atoms with Gasteiger partial charge in [0.05, 0.1) is 11.5 Å². The standard InChI is InChI=1S/C22H38N4O3S.HI/c1-18(9-10-19-7-5-4-6-8-19)26-22(23-2)24-17-20-11-13-21(14-12-20)30(27,28)25-15-16-29-3;/h11-14,18-19,25H,4-10,15-17H2,1-3H3,(H2,23,24,26);1H. The number of methoxy groups -OCH3 is 1. The Bertz CT molecular complexity index is 751. The number of ether oxygens (including phenoxy) is 1. The summed E-state index contributed by atoms with van der Waals surface area (Å²) in [4.78, 5) is 4.56. The molecule has 0 saturated heterocycles. The van der Waals surface area contributed by atoms with Gasteiger partial charge in [0.1, 0.15) is 0 Å². The van der Waals surface area contributed by atoms with Crippen LogP contribution in [0.4, 0.5) is 0 Å². The largest absolute Gasteiger partial charge is 0.383 e. The SMILES string of the molecule is CN=C(NCc1ccc(S(=O)(=O)NCCOC)cc1)NC(C)CCC1CCCCC1.I. The molecule has 9 heteroatoms. The fourth-order valence-electron chi connectivity index (χ4n) is 3.80. The maximum absolute atomic E-state index is 12.2. The first-order chi connectivity index (χ1) is 14.4. The summed E-state index contributed by atoms with van der Waals surface area (Å²) < 4.78 is 31.8. The molecule has 178 valence electrons. The van der Waals surface area contributed by atoms with Gasteiger partial charge in [-0.05, 0) is 43.4 Å². The van der Waals surface area contributed by atoms with E-state index in [1.807, 2.05) is 12.1 Å². The zero-order valence-corrected chi connectivity index (χ0v) is 22.2. The van der Waals surface area contributed by atoms with Gasteiger partial charge in [-0.2, -0.15) is 0 Å². The molecule has 1 aliphatic carbocycles. The van der Waals surface area contributed by atoms with Crippen LogP contribution in [0.5, 0.6) is 0 Å². The highest BCUT2D eigenvalue weighted by Gasteiger charge is 2.15. The average Bonchev–Trinajstić information content (AvgIpc) is 2.76. The van der Waals surface area contributed by atoms with Gasteiger partial charge in [-0.15, -0.1) is 24.0 Å². The fourth-order valence-corrected chi connectivity index (χ4v) is 4.81. The molecule has 1 unspecified atom stereocenters. The van der Waals surface area contributed by atoms with E-state index in [0.717, 1.165) is 23.9 Å². The minimum atomic E-state index is -3.50. The molecule has 3 N–H and O–H groups in total. The molecule has 1 atom stereocenters. The third kappa shape index (κ3) is 10.5. The molecule has 7 nitrogen and oxygen atoms in total. The van der Waals surface area contributed by atoms with Gasteiger partial charge in [0.15, 0.2) is 5.96 Å².